The number of aromatic nitrogens is 2. The number of halogens is 2. The van der Waals surface area contributed by atoms with Crippen LogP contribution in [-0.2, 0) is 22.7 Å². The van der Waals surface area contributed by atoms with Crippen LogP contribution in [0.3, 0.4) is 0 Å². The summed E-state index contributed by atoms with van der Waals surface area (Å²) in [7, 11) is 1.62. The molecule has 0 aliphatic carbocycles. The SMILES string of the molecule is COCCN1CC(NC(=O)Nc2c3c(nn2-c2ccccc2)COC3)[C@H](c2cc(F)cc(F)c2)C1. The molecule has 0 bridgehead atoms. The maximum atomic E-state index is 14.0. The minimum absolute atomic E-state index is 0.282. The normalized spacial score (nSPS) is 19.6. The Hall–Kier alpha value is -3.34. The molecule has 0 spiro atoms. The van der Waals surface area contributed by atoms with Crippen LogP contribution >= 0.6 is 0 Å². The highest BCUT2D eigenvalue weighted by atomic mass is 19.1. The van der Waals surface area contributed by atoms with Crippen molar-refractivity contribution < 1.29 is 23.0 Å². The van der Waals surface area contributed by atoms with Crippen LogP contribution in [0.5, 0.6) is 0 Å². The van der Waals surface area contributed by atoms with E-state index >= 15 is 0 Å². The number of carbonyl (C=O) groups excluding carboxylic acids is 1. The molecule has 0 saturated carbocycles. The van der Waals surface area contributed by atoms with Crippen LogP contribution in [0.25, 0.3) is 5.69 Å². The van der Waals surface area contributed by atoms with Crippen molar-refractivity contribution in [2.45, 2.75) is 25.2 Å². The van der Waals surface area contributed by atoms with E-state index in [0.29, 0.717) is 50.8 Å². The summed E-state index contributed by atoms with van der Waals surface area (Å²) >= 11 is 0. The van der Waals surface area contributed by atoms with Gasteiger partial charge >= 0.3 is 6.03 Å². The third kappa shape index (κ3) is 5.04. The summed E-state index contributed by atoms with van der Waals surface area (Å²) in [6.45, 7) is 2.98. The number of likely N-dealkylation sites (tertiary alicyclic amines) is 1. The lowest BCUT2D eigenvalue weighted by Gasteiger charge is -2.21. The van der Waals surface area contributed by atoms with E-state index in [1.165, 1.54) is 12.1 Å². The van der Waals surface area contributed by atoms with Crippen molar-refractivity contribution in [3.63, 3.8) is 0 Å². The van der Waals surface area contributed by atoms with Crippen LogP contribution in [-0.4, -0.2) is 60.1 Å². The highest BCUT2D eigenvalue weighted by Gasteiger charge is 2.36. The number of urea groups is 1. The van der Waals surface area contributed by atoms with E-state index in [0.717, 1.165) is 23.0 Å². The minimum Gasteiger partial charge on any atom is -0.383 e. The molecular weight excluding hydrogens is 456 g/mol. The van der Waals surface area contributed by atoms with E-state index in [-0.39, 0.29) is 12.0 Å². The maximum absolute atomic E-state index is 14.0. The fourth-order valence-corrected chi connectivity index (χ4v) is 4.77. The highest BCUT2D eigenvalue weighted by molar-refractivity contribution is 5.90. The van der Waals surface area contributed by atoms with Crippen LogP contribution in [0, 0.1) is 11.6 Å². The third-order valence-corrected chi connectivity index (χ3v) is 6.42. The van der Waals surface area contributed by atoms with Gasteiger partial charge < -0.3 is 14.8 Å². The van der Waals surface area contributed by atoms with Crippen molar-refractivity contribution in [3.8, 4) is 5.69 Å². The molecular formula is C25H27F2N5O3. The summed E-state index contributed by atoms with van der Waals surface area (Å²) in [5.41, 5.74) is 2.94. The zero-order valence-corrected chi connectivity index (χ0v) is 19.3. The number of nitrogens with zero attached hydrogens (tertiary/aromatic N) is 3. The van der Waals surface area contributed by atoms with Crippen molar-refractivity contribution in [1.29, 1.82) is 0 Å². The number of rotatable bonds is 7. The van der Waals surface area contributed by atoms with Crippen molar-refractivity contribution in [2.24, 2.45) is 0 Å². The summed E-state index contributed by atoms with van der Waals surface area (Å²) < 4.78 is 40.3. The lowest BCUT2D eigenvalue weighted by Crippen LogP contribution is -2.42. The van der Waals surface area contributed by atoms with E-state index in [1.54, 1.807) is 11.8 Å². The number of para-hydroxylation sites is 1. The lowest BCUT2D eigenvalue weighted by molar-refractivity contribution is 0.131. The van der Waals surface area contributed by atoms with Crippen molar-refractivity contribution in [2.75, 3.05) is 38.7 Å². The number of methoxy groups -OCH3 is 1. The van der Waals surface area contributed by atoms with Crippen molar-refractivity contribution in [1.82, 2.24) is 20.0 Å². The Bertz CT molecular complexity index is 1180. The molecule has 1 unspecified atom stereocenters. The minimum atomic E-state index is -0.638. The van der Waals surface area contributed by atoms with Gasteiger partial charge in [0.25, 0.3) is 0 Å². The number of hydrogen-bond acceptors (Lipinski definition) is 5. The van der Waals surface area contributed by atoms with E-state index < -0.39 is 17.7 Å². The van der Waals surface area contributed by atoms with Crippen LogP contribution in [0.4, 0.5) is 19.4 Å². The molecule has 2 aromatic carbocycles. The van der Waals surface area contributed by atoms with Gasteiger partial charge in [-0.25, -0.2) is 18.3 Å². The molecule has 35 heavy (non-hydrogen) atoms. The third-order valence-electron chi connectivity index (χ3n) is 6.42. The monoisotopic (exact) mass is 483 g/mol. The largest absolute Gasteiger partial charge is 0.383 e. The second-order valence-corrected chi connectivity index (χ2v) is 8.78. The Labute approximate surface area is 201 Å². The zero-order valence-electron chi connectivity index (χ0n) is 19.3. The van der Waals surface area contributed by atoms with E-state index in [2.05, 4.69) is 20.6 Å². The Balaban J connectivity index is 1.37. The summed E-state index contributed by atoms with van der Waals surface area (Å²) in [5, 5.41) is 10.6. The first-order valence-electron chi connectivity index (χ1n) is 11.5. The van der Waals surface area contributed by atoms with Crippen LogP contribution < -0.4 is 10.6 Å². The number of anilines is 1. The standard InChI is InChI=1S/C25H27F2N5O3/c1-34-8-7-31-12-20(16-9-17(26)11-18(27)10-16)22(13-31)28-25(33)29-24-21-14-35-15-23(21)30-32(24)19-5-3-2-4-6-19/h2-6,9-11,20,22H,7-8,12-15H2,1H3,(H2,28,29,33)/t20-,22?/m0/s1. The predicted octanol–water partition coefficient (Wildman–Crippen LogP) is 3.42. The number of benzene rings is 2. The summed E-state index contributed by atoms with van der Waals surface area (Å²) in [5.74, 6) is -1.01. The molecule has 2 aliphatic heterocycles. The molecule has 5 rings (SSSR count). The van der Waals surface area contributed by atoms with Crippen molar-refractivity contribution in [3.05, 3.63) is 77.0 Å². The number of ether oxygens (including phenoxy) is 2. The van der Waals surface area contributed by atoms with Crippen LogP contribution in [0.2, 0.25) is 0 Å². The molecule has 184 valence electrons. The molecule has 2 aliphatic rings. The fraction of sp³-hybridized carbons (Fsp3) is 0.360. The topological polar surface area (TPSA) is 80.7 Å². The van der Waals surface area contributed by atoms with E-state index in [9.17, 15) is 13.6 Å². The molecule has 2 N–H and O–H groups in total. The number of amides is 2. The van der Waals surface area contributed by atoms with Crippen LogP contribution in [0.1, 0.15) is 22.7 Å². The van der Waals surface area contributed by atoms with Gasteiger partial charge in [0.05, 0.1) is 37.2 Å². The molecule has 3 aromatic rings. The average molecular weight is 484 g/mol. The first-order valence-corrected chi connectivity index (χ1v) is 11.5. The van der Waals surface area contributed by atoms with Gasteiger partial charge in [-0.2, -0.15) is 5.10 Å². The van der Waals surface area contributed by atoms with Gasteiger partial charge in [-0.05, 0) is 29.8 Å². The fourth-order valence-electron chi connectivity index (χ4n) is 4.77. The molecule has 8 nitrogen and oxygen atoms in total. The number of fused-ring (bicyclic) bond motifs is 1. The Kier molecular flexibility index (Phi) is 6.76. The highest BCUT2D eigenvalue weighted by Crippen LogP contribution is 2.31. The molecule has 3 heterocycles. The number of hydrogen-bond donors (Lipinski definition) is 2. The second kappa shape index (κ2) is 10.1. The second-order valence-electron chi connectivity index (χ2n) is 8.78. The number of nitrogens with one attached hydrogen (secondary N) is 2. The Morgan fingerprint density at radius 3 is 2.66 bits per heavy atom. The van der Waals surface area contributed by atoms with Gasteiger partial charge in [-0.3, -0.25) is 10.2 Å². The molecule has 2 amide bonds. The van der Waals surface area contributed by atoms with Gasteiger partial charge in [0, 0.05) is 44.3 Å². The zero-order chi connectivity index (χ0) is 24.4. The quantitative estimate of drug-likeness (QED) is 0.539. The molecule has 1 aromatic heterocycles. The molecule has 10 heteroatoms. The maximum Gasteiger partial charge on any atom is 0.320 e. The van der Waals surface area contributed by atoms with Gasteiger partial charge in [0.15, 0.2) is 0 Å². The Morgan fingerprint density at radius 2 is 1.91 bits per heavy atom. The van der Waals surface area contributed by atoms with E-state index in [1.807, 2.05) is 30.3 Å². The van der Waals surface area contributed by atoms with E-state index in [4.69, 9.17) is 9.47 Å². The summed E-state index contributed by atoms with van der Waals surface area (Å²) in [6, 6.07) is 12.3. The number of carbonyl (C=O) groups is 1. The van der Waals surface area contributed by atoms with Gasteiger partial charge in [-0.15, -0.1) is 0 Å². The van der Waals surface area contributed by atoms with Gasteiger partial charge in [0.1, 0.15) is 17.5 Å². The Morgan fingerprint density at radius 1 is 1.14 bits per heavy atom. The lowest BCUT2D eigenvalue weighted by atomic mass is 9.94. The molecule has 1 fully saturated rings. The van der Waals surface area contributed by atoms with Crippen molar-refractivity contribution >= 4 is 11.8 Å². The predicted molar refractivity (Wildman–Crippen MR) is 125 cm³/mol. The van der Waals surface area contributed by atoms with Crippen LogP contribution in [0.15, 0.2) is 48.5 Å². The molecule has 1 saturated heterocycles. The van der Waals surface area contributed by atoms with Gasteiger partial charge in [0.2, 0.25) is 0 Å². The summed E-state index contributed by atoms with van der Waals surface area (Å²) in [4.78, 5) is 15.3. The van der Waals surface area contributed by atoms with Gasteiger partial charge in [-0.1, -0.05) is 18.2 Å². The first kappa shape index (κ1) is 23.4. The average Bonchev–Trinajstić information content (AvgIpc) is 3.54. The molecule has 2 atom stereocenters. The first-order chi connectivity index (χ1) is 17.0. The summed E-state index contributed by atoms with van der Waals surface area (Å²) in [6.07, 6.45) is 0. The molecule has 0 radical (unpaired) electrons. The smallest absolute Gasteiger partial charge is 0.320 e.